The van der Waals surface area contributed by atoms with Crippen molar-refractivity contribution in [3.8, 4) is 0 Å². The average molecular weight is 178 g/mol. The molecule has 72 valence electrons. The van der Waals surface area contributed by atoms with Gasteiger partial charge in [-0.25, -0.2) is 0 Å². The molecule has 0 aliphatic heterocycles. The Morgan fingerprint density at radius 2 is 2.15 bits per heavy atom. The lowest BCUT2D eigenvalue weighted by atomic mass is 10.1. The maximum atomic E-state index is 5.92. The van der Waals surface area contributed by atoms with Crippen LogP contribution in [0, 0.1) is 6.92 Å². The second kappa shape index (κ2) is 4.17. The molecule has 0 bridgehead atoms. The largest absolute Gasteiger partial charge is 0.397 e. The molecule has 0 radical (unpaired) electrons. The molecule has 1 aromatic carbocycles. The maximum absolute atomic E-state index is 5.92. The molecule has 3 N–H and O–H groups in total. The fourth-order valence-corrected chi connectivity index (χ4v) is 1.17. The van der Waals surface area contributed by atoms with Crippen LogP contribution in [0.1, 0.15) is 25.8 Å². The fourth-order valence-electron chi connectivity index (χ4n) is 1.17. The van der Waals surface area contributed by atoms with E-state index in [1.54, 1.807) is 0 Å². The van der Waals surface area contributed by atoms with Crippen LogP contribution in [0.2, 0.25) is 0 Å². The SMILES string of the molecule is CCC(C)Nc1cccc(C)c1N. The number of aryl methyl sites for hydroxylation is 1. The van der Waals surface area contributed by atoms with Crippen LogP contribution in [0.15, 0.2) is 18.2 Å². The van der Waals surface area contributed by atoms with Crippen molar-refractivity contribution in [2.75, 3.05) is 11.1 Å². The molecule has 0 saturated carbocycles. The number of nitrogens with two attached hydrogens (primary N) is 1. The zero-order chi connectivity index (χ0) is 9.84. The van der Waals surface area contributed by atoms with E-state index < -0.39 is 0 Å². The van der Waals surface area contributed by atoms with Gasteiger partial charge in [-0.1, -0.05) is 19.1 Å². The number of para-hydroxylation sites is 1. The number of hydrogen-bond donors (Lipinski definition) is 2. The quantitative estimate of drug-likeness (QED) is 0.698. The molecule has 1 unspecified atom stereocenters. The lowest BCUT2D eigenvalue weighted by Crippen LogP contribution is -2.14. The van der Waals surface area contributed by atoms with Crippen molar-refractivity contribution in [1.29, 1.82) is 0 Å². The molecular formula is C11H18N2. The van der Waals surface area contributed by atoms with Crippen molar-refractivity contribution >= 4 is 11.4 Å². The molecule has 0 aliphatic carbocycles. The summed E-state index contributed by atoms with van der Waals surface area (Å²) in [5.41, 5.74) is 8.97. The minimum absolute atomic E-state index is 0.476. The molecule has 1 atom stereocenters. The molecule has 2 heteroatoms. The topological polar surface area (TPSA) is 38.0 Å². The highest BCUT2D eigenvalue weighted by Crippen LogP contribution is 2.22. The van der Waals surface area contributed by atoms with Crippen LogP contribution in [0.3, 0.4) is 0 Å². The van der Waals surface area contributed by atoms with E-state index in [2.05, 4.69) is 19.2 Å². The van der Waals surface area contributed by atoms with Crippen molar-refractivity contribution in [3.63, 3.8) is 0 Å². The van der Waals surface area contributed by atoms with Gasteiger partial charge in [0.1, 0.15) is 0 Å². The number of nitrogens with one attached hydrogen (secondary N) is 1. The van der Waals surface area contributed by atoms with Gasteiger partial charge in [-0.2, -0.15) is 0 Å². The first-order valence-electron chi connectivity index (χ1n) is 4.76. The van der Waals surface area contributed by atoms with Gasteiger partial charge in [0.25, 0.3) is 0 Å². The predicted octanol–water partition coefficient (Wildman–Crippen LogP) is 2.79. The average Bonchev–Trinajstić information content (AvgIpc) is 2.13. The minimum atomic E-state index is 0.476. The first-order valence-corrected chi connectivity index (χ1v) is 4.76. The van der Waals surface area contributed by atoms with E-state index in [0.717, 1.165) is 23.4 Å². The lowest BCUT2D eigenvalue weighted by molar-refractivity contribution is 0.764. The smallest absolute Gasteiger partial charge is 0.0579 e. The molecule has 0 aromatic heterocycles. The summed E-state index contributed by atoms with van der Waals surface area (Å²) in [6, 6.07) is 6.55. The predicted molar refractivity (Wildman–Crippen MR) is 59.0 cm³/mol. The van der Waals surface area contributed by atoms with Gasteiger partial charge in [-0.05, 0) is 31.9 Å². The summed E-state index contributed by atoms with van der Waals surface area (Å²) in [7, 11) is 0. The van der Waals surface area contributed by atoms with E-state index in [1.807, 2.05) is 25.1 Å². The molecular weight excluding hydrogens is 160 g/mol. The van der Waals surface area contributed by atoms with Gasteiger partial charge in [-0.3, -0.25) is 0 Å². The molecule has 1 rings (SSSR count). The Labute approximate surface area is 80.1 Å². The highest BCUT2D eigenvalue weighted by Gasteiger charge is 2.03. The Kier molecular flexibility index (Phi) is 3.18. The van der Waals surface area contributed by atoms with Crippen molar-refractivity contribution in [2.24, 2.45) is 0 Å². The molecule has 13 heavy (non-hydrogen) atoms. The highest BCUT2D eigenvalue weighted by atomic mass is 14.9. The maximum Gasteiger partial charge on any atom is 0.0579 e. The lowest BCUT2D eigenvalue weighted by Gasteiger charge is -2.15. The van der Waals surface area contributed by atoms with Crippen LogP contribution >= 0.6 is 0 Å². The third-order valence-electron chi connectivity index (χ3n) is 2.34. The minimum Gasteiger partial charge on any atom is -0.397 e. The summed E-state index contributed by atoms with van der Waals surface area (Å²) in [6.45, 7) is 6.34. The second-order valence-electron chi connectivity index (χ2n) is 3.49. The van der Waals surface area contributed by atoms with Crippen LogP contribution in [-0.4, -0.2) is 6.04 Å². The molecule has 2 nitrogen and oxygen atoms in total. The Balaban J connectivity index is 2.83. The number of hydrogen-bond acceptors (Lipinski definition) is 2. The molecule has 0 saturated heterocycles. The summed E-state index contributed by atoms with van der Waals surface area (Å²) in [6.07, 6.45) is 1.10. The van der Waals surface area contributed by atoms with Gasteiger partial charge >= 0.3 is 0 Å². The van der Waals surface area contributed by atoms with Crippen molar-refractivity contribution in [2.45, 2.75) is 33.2 Å². The Hall–Kier alpha value is -1.18. The van der Waals surface area contributed by atoms with Gasteiger partial charge in [0.15, 0.2) is 0 Å². The van der Waals surface area contributed by atoms with E-state index >= 15 is 0 Å². The van der Waals surface area contributed by atoms with Crippen LogP contribution in [0.5, 0.6) is 0 Å². The number of nitrogen functional groups attached to an aromatic ring is 1. The third-order valence-corrected chi connectivity index (χ3v) is 2.34. The van der Waals surface area contributed by atoms with Crippen molar-refractivity contribution < 1.29 is 0 Å². The van der Waals surface area contributed by atoms with E-state index in [0.29, 0.717) is 6.04 Å². The van der Waals surface area contributed by atoms with Gasteiger partial charge in [-0.15, -0.1) is 0 Å². The van der Waals surface area contributed by atoms with Crippen LogP contribution in [0.4, 0.5) is 11.4 Å². The van der Waals surface area contributed by atoms with Gasteiger partial charge in [0.05, 0.1) is 11.4 Å². The zero-order valence-corrected chi connectivity index (χ0v) is 8.59. The monoisotopic (exact) mass is 178 g/mol. The summed E-state index contributed by atoms with van der Waals surface area (Å²) < 4.78 is 0. The van der Waals surface area contributed by atoms with E-state index in [-0.39, 0.29) is 0 Å². The van der Waals surface area contributed by atoms with Gasteiger partial charge < -0.3 is 11.1 Å². The summed E-state index contributed by atoms with van der Waals surface area (Å²) in [5, 5.41) is 3.38. The van der Waals surface area contributed by atoms with Gasteiger partial charge in [0.2, 0.25) is 0 Å². The summed E-state index contributed by atoms with van der Waals surface area (Å²) in [5.74, 6) is 0. The summed E-state index contributed by atoms with van der Waals surface area (Å²) >= 11 is 0. The Morgan fingerprint density at radius 1 is 1.46 bits per heavy atom. The second-order valence-corrected chi connectivity index (χ2v) is 3.49. The zero-order valence-electron chi connectivity index (χ0n) is 8.59. The van der Waals surface area contributed by atoms with Crippen LogP contribution in [-0.2, 0) is 0 Å². The molecule has 0 aliphatic rings. The van der Waals surface area contributed by atoms with E-state index in [9.17, 15) is 0 Å². The first-order chi connectivity index (χ1) is 6.15. The fraction of sp³-hybridized carbons (Fsp3) is 0.455. The molecule has 0 heterocycles. The molecule has 1 aromatic rings. The first kappa shape index (κ1) is 9.90. The van der Waals surface area contributed by atoms with Crippen molar-refractivity contribution in [3.05, 3.63) is 23.8 Å². The van der Waals surface area contributed by atoms with Crippen LogP contribution < -0.4 is 11.1 Å². The third kappa shape index (κ3) is 2.38. The summed E-state index contributed by atoms with van der Waals surface area (Å²) in [4.78, 5) is 0. The Bertz CT molecular complexity index is 281. The number of anilines is 2. The van der Waals surface area contributed by atoms with Crippen molar-refractivity contribution in [1.82, 2.24) is 0 Å². The number of rotatable bonds is 3. The number of benzene rings is 1. The molecule has 0 amide bonds. The standard InChI is InChI=1S/C11H18N2/c1-4-9(3)13-10-7-5-6-8(2)11(10)12/h5-7,9,13H,4,12H2,1-3H3. The molecule has 0 fully saturated rings. The van der Waals surface area contributed by atoms with E-state index in [1.165, 1.54) is 0 Å². The highest BCUT2D eigenvalue weighted by molar-refractivity contribution is 5.69. The van der Waals surface area contributed by atoms with E-state index in [4.69, 9.17) is 5.73 Å². The Morgan fingerprint density at radius 3 is 2.77 bits per heavy atom. The molecule has 0 spiro atoms. The normalized spacial score (nSPS) is 12.5. The van der Waals surface area contributed by atoms with Gasteiger partial charge in [0, 0.05) is 6.04 Å². The van der Waals surface area contributed by atoms with Crippen LogP contribution in [0.25, 0.3) is 0 Å².